The van der Waals surface area contributed by atoms with Crippen molar-refractivity contribution >= 4 is 49.9 Å². The van der Waals surface area contributed by atoms with E-state index in [0.717, 1.165) is 7.88 Å². The van der Waals surface area contributed by atoms with E-state index in [-0.39, 0.29) is 17.5 Å². The topological polar surface area (TPSA) is 75.7 Å². The number of rotatable bonds is 8. The number of amides is 1. The van der Waals surface area contributed by atoms with Crippen LogP contribution in [0.25, 0.3) is 0 Å². The van der Waals surface area contributed by atoms with Crippen LogP contribution in [0.5, 0.6) is 5.75 Å². The first kappa shape index (κ1) is 23.1. The molecule has 0 unspecified atom stereocenters. The highest BCUT2D eigenvalue weighted by Gasteiger charge is 2.27. The molecular formula is C23H23IN2O4S. The Morgan fingerprint density at radius 2 is 1.58 bits per heavy atom. The second kappa shape index (κ2) is 10.1. The highest BCUT2D eigenvalue weighted by molar-refractivity contribution is 14.1. The highest BCUT2D eigenvalue weighted by atomic mass is 127. The lowest BCUT2D eigenvalue weighted by molar-refractivity contribution is -0.114. The Bertz CT molecular complexity index is 1120. The fourth-order valence-corrected chi connectivity index (χ4v) is 4.66. The van der Waals surface area contributed by atoms with Gasteiger partial charge in [-0.2, -0.15) is 0 Å². The first-order chi connectivity index (χ1) is 14.8. The van der Waals surface area contributed by atoms with Crippen molar-refractivity contribution in [2.24, 2.45) is 0 Å². The molecule has 0 spiro atoms. The van der Waals surface area contributed by atoms with Gasteiger partial charge in [0.1, 0.15) is 12.3 Å². The van der Waals surface area contributed by atoms with E-state index in [1.54, 1.807) is 66.7 Å². The Morgan fingerprint density at radius 3 is 2.16 bits per heavy atom. The first-order valence-electron chi connectivity index (χ1n) is 9.65. The maximum atomic E-state index is 13.3. The molecule has 0 saturated heterocycles. The Hall–Kier alpha value is -2.59. The Morgan fingerprint density at radius 1 is 0.968 bits per heavy atom. The molecule has 31 heavy (non-hydrogen) atoms. The molecule has 8 heteroatoms. The second-order valence-electron chi connectivity index (χ2n) is 7.04. The van der Waals surface area contributed by atoms with Crippen molar-refractivity contribution < 1.29 is 17.9 Å². The number of anilines is 2. The minimum absolute atomic E-state index is 0.0473. The van der Waals surface area contributed by atoms with E-state index in [4.69, 9.17) is 4.74 Å². The van der Waals surface area contributed by atoms with Crippen molar-refractivity contribution in [3.63, 3.8) is 0 Å². The van der Waals surface area contributed by atoms with Crippen molar-refractivity contribution in [2.45, 2.75) is 24.8 Å². The van der Waals surface area contributed by atoms with Crippen LogP contribution in [0.15, 0.2) is 83.8 Å². The van der Waals surface area contributed by atoms with Crippen molar-refractivity contribution in [1.82, 2.24) is 0 Å². The summed E-state index contributed by atoms with van der Waals surface area (Å²) in [4.78, 5) is 12.9. The van der Waals surface area contributed by atoms with Crippen molar-refractivity contribution in [3.8, 4) is 5.75 Å². The van der Waals surface area contributed by atoms with Crippen LogP contribution in [0.3, 0.4) is 0 Å². The molecule has 3 rings (SSSR count). The third kappa shape index (κ3) is 6.20. The fourth-order valence-electron chi connectivity index (χ4n) is 2.86. The summed E-state index contributed by atoms with van der Waals surface area (Å²) in [7, 11) is -3.92. The number of ether oxygens (including phenoxy) is 1. The molecule has 0 radical (unpaired) electrons. The number of carbonyl (C=O) groups excluding carboxylic acids is 1. The number of hydrogen-bond acceptors (Lipinski definition) is 4. The summed E-state index contributed by atoms with van der Waals surface area (Å²) in [5, 5.41) is 2.76. The standard InChI is InChI=1S/C23H23IN2O4S/c1-17(2)30-21-14-10-19(11-15-21)25-23(27)16-26(20-12-8-18(24)9-13-20)31(28,29)22-6-4-3-5-7-22/h3-15,17H,16H2,1-2H3,(H,25,27). The van der Waals surface area contributed by atoms with Gasteiger partial charge in [0.15, 0.2) is 0 Å². The third-order valence-corrected chi connectivity index (χ3v) is 6.75. The summed E-state index contributed by atoms with van der Waals surface area (Å²) >= 11 is 2.15. The van der Waals surface area contributed by atoms with Crippen LogP contribution in [-0.2, 0) is 14.8 Å². The zero-order valence-corrected chi connectivity index (χ0v) is 20.1. The molecule has 162 valence electrons. The van der Waals surface area contributed by atoms with E-state index in [0.29, 0.717) is 17.1 Å². The molecule has 3 aromatic rings. The van der Waals surface area contributed by atoms with Gasteiger partial charge in [-0.25, -0.2) is 8.42 Å². The average molecular weight is 550 g/mol. The molecule has 1 N–H and O–H groups in total. The van der Waals surface area contributed by atoms with Gasteiger partial charge in [0, 0.05) is 9.26 Å². The normalized spacial score (nSPS) is 11.2. The van der Waals surface area contributed by atoms with Crippen molar-refractivity contribution in [3.05, 3.63) is 82.4 Å². The van der Waals surface area contributed by atoms with E-state index in [1.165, 1.54) is 12.1 Å². The number of carbonyl (C=O) groups is 1. The zero-order valence-electron chi connectivity index (χ0n) is 17.2. The first-order valence-corrected chi connectivity index (χ1v) is 12.2. The van der Waals surface area contributed by atoms with Gasteiger partial charge in [0.05, 0.1) is 16.7 Å². The molecule has 0 aliphatic rings. The second-order valence-corrected chi connectivity index (χ2v) is 10.1. The van der Waals surface area contributed by atoms with Crippen LogP contribution in [0.1, 0.15) is 13.8 Å². The summed E-state index contributed by atoms with van der Waals surface area (Å²) in [6, 6.07) is 22.0. The Labute approximate surface area is 196 Å². The number of sulfonamides is 1. The fraction of sp³-hybridized carbons (Fsp3) is 0.174. The van der Waals surface area contributed by atoms with Gasteiger partial charge in [-0.1, -0.05) is 18.2 Å². The molecule has 6 nitrogen and oxygen atoms in total. The van der Waals surface area contributed by atoms with E-state index in [2.05, 4.69) is 27.9 Å². The van der Waals surface area contributed by atoms with Crippen LogP contribution in [0.2, 0.25) is 0 Å². The van der Waals surface area contributed by atoms with Crippen LogP contribution in [0, 0.1) is 3.57 Å². The van der Waals surface area contributed by atoms with Crippen LogP contribution in [0.4, 0.5) is 11.4 Å². The summed E-state index contributed by atoms with van der Waals surface area (Å²) in [5.41, 5.74) is 0.973. The number of hydrogen-bond donors (Lipinski definition) is 1. The highest BCUT2D eigenvalue weighted by Crippen LogP contribution is 2.25. The van der Waals surface area contributed by atoms with Gasteiger partial charge in [0.25, 0.3) is 10.0 Å². The Balaban J connectivity index is 1.83. The van der Waals surface area contributed by atoms with Crippen molar-refractivity contribution in [1.29, 1.82) is 0 Å². The van der Waals surface area contributed by atoms with E-state index in [9.17, 15) is 13.2 Å². The SMILES string of the molecule is CC(C)Oc1ccc(NC(=O)CN(c2ccc(I)cc2)S(=O)(=O)c2ccccc2)cc1. The van der Waals surface area contributed by atoms with E-state index < -0.39 is 15.9 Å². The molecule has 0 aromatic heterocycles. The van der Waals surface area contributed by atoms with Gasteiger partial charge >= 0.3 is 0 Å². The maximum Gasteiger partial charge on any atom is 0.264 e. The lowest BCUT2D eigenvalue weighted by Gasteiger charge is -2.24. The van der Waals surface area contributed by atoms with Crippen LogP contribution < -0.4 is 14.4 Å². The smallest absolute Gasteiger partial charge is 0.264 e. The molecule has 0 saturated carbocycles. The maximum absolute atomic E-state index is 13.3. The zero-order chi connectivity index (χ0) is 22.4. The minimum atomic E-state index is -3.92. The molecule has 0 fully saturated rings. The minimum Gasteiger partial charge on any atom is -0.491 e. The summed E-state index contributed by atoms with van der Waals surface area (Å²) < 4.78 is 34.2. The monoisotopic (exact) mass is 550 g/mol. The van der Waals surface area contributed by atoms with Gasteiger partial charge in [0.2, 0.25) is 5.91 Å². The molecule has 0 aliphatic heterocycles. The number of benzene rings is 3. The number of nitrogens with zero attached hydrogens (tertiary/aromatic N) is 1. The van der Waals surface area contributed by atoms with Crippen LogP contribution >= 0.6 is 22.6 Å². The molecule has 0 bridgehead atoms. The van der Waals surface area contributed by atoms with E-state index >= 15 is 0 Å². The molecular weight excluding hydrogens is 527 g/mol. The summed E-state index contributed by atoms with van der Waals surface area (Å²) in [6.07, 6.45) is 0.0473. The van der Waals surface area contributed by atoms with Gasteiger partial charge < -0.3 is 10.1 Å². The van der Waals surface area contributed by atoms with Crippen molar-refractivity contribution in [2.75, 3.05) is 16.2 Å². The van der Waals surface area contributed by atoms with Gasteiger partial charge in [-0.3, -0.25) is 9.10 Å². The summed E-state index contributed by atoms with van der Waals surface area (Å²) in [6.45, 7) is 3.51. The third-order valence-electron chi connectivity index (χ3n) is 4.24. The predicted molar refractivity (Wildman–Crippen MR) is 131 cm³/mol. The van der Waals surface area contributed by atoms with E-state index in [1.807, 2.05) is 13.8 Å². The largest absolute Gasteiger partial charge is 0.491 e. The quantitative estimate of drug-likeness (QED) is 0.405. The predicted octanol–water partition coefficient (Wildman–Crippen LogP) is 4.91. The number of nitrogens with one attached hydrogen (secondary N) is 1. The molecule has 3 aromatic carbocycles. The lowest BCUT2D eigenvalue weighted by Crippen LogP contribution is -2.38. The average Bonchev–Trinajstić information content (AvgIpc) is 2.74. The molecule has 0 heterocycles. The Kier molecular flexibility index (Phi) is 7.55. The lowest BCUT2D eigenvalue weighted by atomic mass is 10.3. The molecule has 1 amide bonds. The van der Waals surface area contributed by atoms with Gasteiger partial charge in [-0.05, 0) is 97.1 Å². The number of halogens is 1. The van der Waals surface area contributed by atoms with Crippen LogP contribution in [-0.4, -0.2) is 27.0 Å². The summed E-state index contributed by atoms with van der Waals surface area (Å²) in [5.74, 6) is 0.246. The van der Waals surface area contributed by atoms with Gasteiger partial charge in [-0.15, -0.1) is 0 Å². The molecule has 0 atom stereocenters. The molecule has 0 aliphatic carbocycles.